The van der Waals surface area contributed by atoms with Crippen molar-refractivity contribution in [1.82, 2.24) is 4.98 Å². The first-order chi connectivity index (χ1) is 16.5. The van der Waals surface area contributed by atoms with E-state index in [1.165, 1.54) is 6.92 Å². The Morgan fingerprint density at radius 2 is 1.83 bits per heavy atom. The van der Waals surface area contributed by atoms with Crippen LogP contribution in [0.25, 0.3) is 10.9 Å². The van der Waals surface area contributed by atoms with E-state index in [9.17, 15) is 14.7 Å². The van der Waals surface area contributed by atoms with E-state index in [0.29, 0.717) is 54.0 Å². The molecule has 0 fully saturated rings. The number of carbonyl (C=O) groups excluding carboxylic acids is 2. The number of carbonyl (C=O) groups is 2. The lowest BCUT2D eigenvalue weighted by atomic mass is 10.0. The predicted octanol–water partition coefficient (Wildman–Crippen LogP) is 5.06. The van der Waals surface area contributed by atoms with E-state index in [1.54, 1.807) is 30.0 Å². The number of amides is 1. The lowest BCUT2D eigenvalue weighted by Crippen LogP contribution is -2.39. The number of aromatic hydroxyl groups is 1. The van der Waals surface area contributed by atoms with Gasteiger partial charge in [-0.05, 0) is 70.0 Å². The van der Waals surface area contributed by atoms with E-state index in [-0.39, 0.29) is 17.3 Å². The molecule has 8 nitrogen and oxygen atoms in total. The van der Waals surface area contributed by atoms with E-state index >= 15 is 0 Å². The molecule has 0 unspecified atom stereocenters. The van der Waals surface area contributed by atoms with Crippen molar-refractivity contribution in [2.24, 2.45) is 10.7 Å². The number of hydrogen-bond acceptors (Lipinski definition) is 6. The molecule has 1 aromatic heterocycles. The zero-order chi connectivity index (χ0) is 25.8. The quantitative estimate of drug-likeness (QED) is 0.293. The molecule has 0 aliphatic rings. The van der Waals surface area contributed by atoms with Gasteiger partial charge in [0.15, 0.2) is 5.88 Å². The third kappa shape index (κ3) is 6.27. The summed E-state index contributed by atoms with van der Waals surface area (Å²) in [6.45, 7) is 9.95. The number of fused-ring (bicyclic) bond motifs is 1. The van der Waals surface area contributed by atoms with Crippen LogP contribution in [0.15, 0.2) is 47.5 Å². The number of nitrogens with zero attached hydrogens (tertiary/aromatic N) is 2. The molecule has 0 aliphatic heterocycles. The van der Waals surface area contributed by atoms with Crippen molar-refractivity contribution in [2.45, 2.75) is 53.0 Å². The van der Waals surface area contributed by atoms with Gasteiger partial charge in [-0.25, -0.2) is 4.79 Å². The number of aliphatic imine (C=N–C) groups is 1. The number of nitrogens with one attached hydrogen (secondary N) is 1. The van der Waals surface area contributed by atoms with E-state index < -0.39 is 5.97 Å². The third-order valence-electron chi connectivity index (χ3n) is 5.70. The first kappa shape index (κ1) is 26.0. The standard InChI is InChI=1S/C27H34N4O4/c1-6-22(24-21-13-8-18(26(34)35-7-2)16-23(21)30-25(24)33)29-19-9-11-20(12-10-19)31(17(3)32)15-14-27(4,5)28/h8-13,16,30,33H,6-7,14-15,28H2,1-5H3. The van der Waals surface area contributed by atoms with Crippen LogP contribution in [0.4, 0.5) is 11.4 Å². The Kier molecular flexibility index (Phi) is 7.96. The number of esters is 1. The number of H-pyrrole nitrogens is 1. The van der Waals surface area contributed by atoms with Gasteiger partial charge in [0.25, 0.3) is 0 Å². The van der Waals surface area contributed by atoms with Gasteiger partial charge >= 0.3 is 5.97 Å². The summed E-state index contributed by atoms with van der Waals surface area (Å²) in [5, 5.41) is 11.4. The van der Waals surface area contributed by atoms with Crippen LogP contribution < -0.4 is 10.6 Å². The molecule has 8 heteroatoms. The van der Waals surface area contributed by atoms with Crippen molar-refractivity contribution < 1.29 is 19.4 Å². The fourth-order valence-electron chi connectivity index (χ4n) is 3.86. The number of ether oxygens (including phenoxy) is 1. The van der Waals surface area contributed by atoms with Gasteiger partial charge in [-0.1, -0.05) is 13.0 Å². The molecular formula is C27H34N4O4. The summed E-state index contributed by atoms with van der Waals surface area (Å²) in [6, 6.07) is 12.5. The number of aromatic nitrogens is 1. The molecule has 4 N–H and O–H groups in total. The number of hydrogen-bond donors (Lipinski definition) is 3. The van der Waals surface area contributed by atoms with Crippen molar-refractivity contribution >= 4 is 39.9 Å². The number of anilines is 1. The van der Waals surface area contributed by atoms with Gasteiger partial charge in [-0.3, -0.25) is 9.79 Å². The highest BCUT2D eigenvalue weighted by Crippen LogP contribution is 2.31. The number of aromatic amines is 1. The Hall–Kier alpha value is -3.65. The number of benzene rings is 2. The lowest BCUT2D eigenvalue weighted by Gasteiger charge is -2.26. The van der Waals surface area contributed by atoms with Crippen LogP contribution in [-0.4, -0.2) is 46.4 Å². The van der Waals surface area contributed by atoms with E-state index in [4.69, 9.17) is 15.5 Å². The lowest BCUT2D eigenvalue weighted by molar-refractivity contribution is -0.116. The van der Waals surface area contributed by atoms with Gasteiger partial charge in [0.05, 0.1) is 29.1 Å². The molecule has 1 amide bonds. The van der Waals surface area contributed by atoms with Crippen LogP contribution in [0.2, 0.25) is 0 Å². The average molecular weight is 479 g/mol. The highest BCUT2D eigenvalue weighted by Gasteiger charge is 2.19. The molecule has 0 saturated carbocycles. The van der Waals surface area contributed by atoms with Crippen molar-refractivity contribution in [3.63, 3.8) is 0 Å². The maximum absolute atomic E-state index is 12.2. The van der Waals surface area contributed by atoms with Gasteiger partial charge in [0, 0.05) is 35.6 Å². The molecule has 0 bridgehead atoms. The first-order valence-corrected chi connectivity index (χ1v) is 11.8. The van der Waals surface area contributed by atoms with Gasteiger partial charge in [0.2, 0.25) is 5.91 Å². The first-order valence-electron chi connectivity index (χ1n) is 11.8. The Bertz CT molecular complexity index is 1240. The average Bonchev–Trinajstić information content (AvgIpc) is 3.12. The van der Waals surface area contributed by atoms with Crippen LogP contribution in [-0.2, 0) is 9.53 Å². The van der Waals surface area contributed by atoms with Crippen LogP contribution in [0.1, 0.15) is 63.4 Å². The predicted molar refractivity (Wildman–Crippen MR) is 140 cm³/mol. The zero-order valence-corrected chi connectivity index (χ0v) is 21.0. The molecule has 0 radical (unpaired) electrons. The maximum Gasteiger partial charge on any atom is 0.338 e. The van der Waals surface area contributed by atoms with Gasteiger partial charge in [-0.15, -0.1) is 0 Å². The highest BCUT2D eigenvalue weighted by molar-refractivity contribution is 6.14. The monoisotopic (exact) mass is 478 g/mol. The minimum absolute atomic E-state index is 0.00890. The summed E-state index contributed by atoms with van der Waals surface area (Å²) >= 11 is 0. The second kappa shape index (κ2) is 10.7. The van der Waals surface area contributed by atoms with E-state index in [2.05, 4.69) is 4.98 Å². The van der Waals surface area contributed by atoms with Crippen LogP contribution >= 0.6 is 0 Å². The normalized spacial score (nSPS) is 12.1. The highest BCUT2D eigenvalue weighted by atomic mass is 16.5. The van der Waals surface area contributed by atoms with Crippen LogP contribution in [0.5, 0.6) is 5.88 Å². The van der Waals surface area contributed by atoms with Crippen LogP contribution in [0, 0.1) is 0 Å². The molecule has 2 aromatic carbocycles. The van der Waals surface area contributed by atoms with Gasteiger partial charge < -0.3 is 25.5 Å². The van der Waals surface area contributed by atoms with Gasteiger partial charge in [-0.2, -0.15) is 0 Å². The Labute approximate surface area is 205 Å². The smallest absolute Gasteiger partial charge is 0.338 e. The summed E-state index contributed by atoms with van der Waals surface area (Å²) in [5.41, 5.74) is 9.52. The summed E-state index contributed by atoms with van der Waals surface area (Å²) in [7, 11) is 0. The Morgan fingerprint density at radius 1 is 1.14 bits per heavy atom. The second-order valence-electron chi connectivity index (χ2n) is 9.17. The van der Waals surface area contributed by atoms with E-state index in [0.717, 1.165) is 11.1 Å². The molecule has 0 aliphatic carbocycles. The number of rotatable bonds is 9. The maximum atomic E-state index is 12.2. The van der Waals surface area contributed by atoms with Crippen molar-refractivity contribution in [2.75, 3.05) is 18.1 Å². The number of nitrogens with two attached hydrogens (primary N) is 1. The fourth-order valence-corrected chi connectivity index (χ4v) is 3.86. The minimum atomic E-state index is -0.413. The van der Waals surface area contributed by atoms with Crippen LogP contribution in [0.3, 0.4) is 0 Å². The molecule has 0 spiro atoms. The summed E-state index contributed by atoms with van der Waals surface area (Å²) in [4.78, 5) is 33.7. The third-order valence-corrected chi connectivity index (χ3v) is 5.70. The second-order valence-corrected chi connectivity index (χ2v) is 9.17. The van der Waals surface area contributed by atoms with Crippen molar-refractivity contribution in [1.29, 1.82) is 0 Å². The molecular weight excluding hydrogens is 444 g/mol. The molecule has 186 valence electrons. The summed E-state index contributed by atoms with van der Waals surface area (Å²) < 4.78 is 5.06. The molecule has 0 saturated heterocycles. The summed E-state index contributed by atoms with van der Waals surface area (Å²) in [6.07, 6.45) is 1.25. The van der Waals surface area contributed by atoms with E-state index in [1.807, 2.05) is 45.0 Å². The molecule has 3 rings (SSSR count). The largest absolute Gasteiger partial charge is 0.494 e. The molecule has 0 atom stereocenters. The minimum Gasteiger partial charge on any atom is -0.494 e. The van der Waals surface area contributed by atoms with Crippen molar-refractivity contribution in [3.05, 3.63) is 53.6 Å². The SMILES string of the molecule is CCOC(=O)c1ccc2c(C(CC)=Nc3ccc(N(CCC(C)(C)N)C(C)=O)cc3)c(O)[nH]c2c1. The Balaban J connectivity index is 1.91. The fraction of sp³-hybridized carbons (Fsp3) is 0.370. The Morgan fingerprint density at radius 3 is 2.40 bits per heavy atom. The topological polar surface area (TPSA) is 121 Å². The van der Waals surface area contributed by atoms with Crippen molar-refractivity contribution in [3.8, 4) is 5.88 Å². The van der Waals surface area contributed by atoms with Gasteiger partial charge in [0.1, 0.15) is 0 Å². The summed E-state index contributed by atoms with van der Waals surface area (Å²) in [5.74, 6) is -0.472. The zero-order valence-electron chi connectivity index (χ0n) is 21.0. The molecule has 3 aromatic rings. The molecule has 35 heavy (non-hydrogen) atoms. The molecule has 1 heterocycles.